The normalized spacial score (nSPS) is 10.4. The Labute approximate surface area is 107 Å². The molecular formula is C10H5Cl3N2O. The maximum atomic E-state index is 10.9. The van der Waals surface area contributed by atoms with E-state index in [9.17, 15) is 4.79 Å². The van der Waals surface area contributed by atoms with Crippen LogP contribution in [0.4, 0.5) is 0 Å². The molecule has 0 saturated carbocycles. The van der Waals surface area contributed by atoms with Gasteiger partial charge in [0, 0.05) is 10.7 Å². The van der Waals surface area contributed by atoms with E-state index in [0.29, 0.717) is 17.0 Å². The minimum atomic E-state index is 0.0787. The van der Waals surface area contributed by atoms with Crippen LogP contribution < -0.4 is 0 Å². The third-order valence-electron chi connectivity index (χ3n) is 2.02. The Morgan fingerprint density at radius 2 is 1.75 bits per heavy atom. The summed E-state index contributed by atoms with van der Waals surface area (Å²) >= 11 is 17.4. The third kappa shape index (κ3) is 1.94. The van der Waals surface area contributed by atoms with Crippen LogP contribution in [-0.4, -0.2) is 15.8 Å². The summed E-state index contributed by atoms with van der Waals surface area (Å²) < 4.78 is 1.45. The summed E-state index contributed by atoms with van der Waals surface area (Å²) in [5, 5.41) is 0.808. The fourth-order valence-electron chi connectivity index (χ4n) is 1.32. The largest absolute Gasteiger partial charge is 0.296 e. The summed E-state index contributed by atoms with van der Waals surface area (Å²) in [7, 11) is 0. The zero-order chi connectivity index (χ0) is 11.7. The molecule has 1 aromatic heterocycles. The van der Waals surface area contributed by atoms with Gasteiger partial charge in [-0.2, -0.15) is 0 Å². The van der Waals surface area contributed by atoms with Crippen molar-refractivity contribution in [1.82, 2.24) is 9.55 Å². The smallest absolute Gasteiger partial charge is 0.209 e. The van der Waals surface area contributed by atoms with E-state index in [1.165, 1.54) is 4.57 Å². The van der Waals surface area contributed by atoms with Gasteiger partial charge in [0.15, 0.2) is 11.4 Å². The molecule has 82 valence electrons. The van der Waals surface area contributed by atoms with Crippen molar-refractivity contribution in [2.75, 3.05) is 0 Å². The van der Waals surface area contributed by atoms with Crippen LogP contribution in [0.1, 0.15) is 10.5 Å². The Morgan fingerprint density at radius 3 is 2.31 bits per heavy atom. The van der Waals surface area contributed by atoms with Crippen LogP contribution in [0.25, 0.3) is 5.69 Å². The van der Waals surface area contributed by atoms with Crippen molar-refractivity contribution in [2.24, 2.45) is 0 Å². The van der Waals surface area contributed by atoms with E-state index in [2.05, 4.69) is 4.98 Å². The first-order chi connectivity index (χ1) is 7.63. The lowest BCUT2D eigenvalue weighted by atomic mass is 10.3. The zero-order valence-electron chi connectivity index (χ0n) is 7.82. The summed E-state index contributed by atoms with van der Waals surface area (Å²) in [4.78, 5) is 14.7. The van der Waals surface area contributed by atoms with Crippen molar-refractivity contribution < 1.29 is 4.79 Å². The molecule has 0 unspecified atom stereocenters. The van der Waals surface area contributed by atoms with Crippen LogP contribution in [0.2, 0.25) is 15.5 Å². The Hall–Kier alpha value is -1.03. The number of nitrogens with zero attached hydrogens (tertiary/aromatic N) is 2. The van der Waals surface area contributed by atoms with Gasteiger partial charge in [0.2, 0.25) is 5.28 Å². The molecule has 0 fully saturated rings. The van der Waals surface area contributed by atoms with Gasteiger partial charge in [0.05, 0.1) is 0 Å². The summed E-state index contributed by atoms with van der Waals surface area (Å²) in [6.45, 7) is 0. The Balaban J connectivity index is 2.63. The number of halogens is 3. The van der Waals surface area contributed by atoms with Crippen LogP contribution in [0.15, 0.2) is 24.3 Å². The van der Waals surface area contributed by atoms with Crippen LogP contribution in [0.3, 0.4) is 0 Å². The van der Waals surface area contributed by atoms with E-state index in [1.54, 1.807) is 24.3 Å². The first-order valence-corrected chi connectivity index (χ1v) is 5.41. The predicted molar refractivity (Wildman–Crippen MR) is 64.0 cm³/mol. The molecule has 3 nitrogen and oxygen atoms in total. The van der Waals surface area contributed by atoms with Gasteiger partial charge in [0.1, 0.15) is 5.69 Å². The minimum Gasteiger partial charge on any atom is -0.296 e. The van der Waals surface area contributed by atoms with E-state index in [1.807, 2.05) is 0 Å². The first kappa shape index (κ1) is 11.5. The molecule has 0 saturated heterocycles. The SMILES string of the molecule is O=Cc1c(Cl)nc(Cl)n1-c1ccc(Cl)cc1. The van der Waals surface area contributed by atoms with Crippen molar-refractivity contribution in [2.45, 2.75) is 0 Å². The monoisotopic (exact) mass is 274 g/mol. The molecule has 0 radical (unpaired) electrons. The number of aldehydes is 1. The summed E-state index contributed by atoms with van der Waals surface area (Å²) in [5.41, 5.74) is 0.893. The second-order valence-corrected chi connectivity index (χ2v) is 4.12. The number of rotatable bonds is 2. The molecule has 16 heavy (non-hydrogen) atoms. The van der Waals surface area contributed by atoms with Crippen molar-refractivity contribution >= 4 is 41.1 Å². The highest BCUT2D eigenvalue weighted by atomic mass is 35.5. The molecule has 0 aliphatic carbocycles. The topological polar surface area (TPSA) is 34.9 Å². The molecule has 0 aliphatic heterocycles. The summed E-state index contributed by atoms with van der Waals surface area (Å²) in [6.07, 6.45) is 0.607. The standard InChI is InChI=1S/C10H5Cl3N2O/c11-6-1-3-7(4-2-6)15-8(5-16)9(12)14-10(15)13/h1-5H. The number of aromatic nitrogens is 2. The van der Waals surface area contributed by atoms with Crippen LogP contribution in [0, 0.1) is 0 Å². The van der Waals surface area contributed by atoms with E-state index in [0.717, 1.165) is 0 Å². The van der Waals surface area contributed by atoms with Gasteiger partial charge in [-0.05, 0) is 35.9 Å². The predicted octanol–water partition coefficient (Wildman–Crippen LogP) is 3.65. The molecular weight excluding hydrogens is 270 g/mol. The average molecular weight is 276 g/mol. The number of carbonyl (C=O) groups excluding carboxylic acids is 1. The molecule has 0 bridgehead atoms. The number of carbonyl (C=O) groups is 1. The molecule has 0 aliphatic rings. The van der Waals surface area contributed by atoms with Gasteiger partial charge in [0.25, 0.3) is 0 Å². The number of benzene rings is 1. The highest BCUT2D eigenvalue weighted by Crippen LogP contribution is 2.24. The highest BCUT2D eigenvalue weighted by Gasteiger charge is 2.14. The zero-order valence-corrected chi connectivity index (χ0v) is 10.1. The molecule has 2 aromatic rings. The number of hydrogen-bond donors (Lipinski definition) is 0. The van der Waals surface area contributed by atoms with Crippen molar-refractivity contribution in [3.05, 3.63) is 45.4 Å². The van der Waals surface area contributed by atoms with Crippen molar-refractivity contribution in [3.63, 3.8) is 0 Å². The number of hydrogen-bond acceptors (Lipinski definition) is 2. The molecule has 0 N–H and O–H groups in total. The molecule has 1 aromatic carbocycles. The summed E-state index contributed by atoms with van der Waals surface area (Å²) in [6, 6.07) is 6.82. The van der Waals surface area contributed by atoms with Gasteiger partial charge in [-0.3, -0.25) is 9.36 Å². The molecule has 0 atom stereocenters. The quantitative estimate of drug-likeness (QED) is 0.784. The van der Waals surface area contributed by atoms with Crippen molar-refractivity contribution in [1.29, 1.82) is 0 Å². The number of imidazole rings is 1. The lowest BCUT2D eigenvalue weighted by molar-refractivity contribution is 0.111. The van der Waals surface area contributed by atoms with Gasteiger partial charge in [-0.25, -0.2) is 4.98 Å². The molecule has 6 heteroatoms. The van der Waals surface area contributed by atoms with Crippen LogP contribution >= 0.6 is 34.8 Å². The van der Waals surface area contributed by atoms with Gasteiger partial charge >= 0.3 is 0 Å². The van der Waals surface area contributed by atoms with E-state index in [-0.39, 0.29) is 16.1 Å². The fraction of sp³-hybridized carbons (Fsp3) is 0. The minimum absolute atomic E-state index is 0.0787. The lowest BCUT2D eigenvalue weighted by Gasteiger charge is -2.05. The Kier molecular flexibility index (Phi) is 3.19. The van der Waals surface area contributed by atoms with E-state index >= 15 is 0 Å². The van der Waals surface area contributed by atoms with E-state index in [4.69, 9.17) is 34.8 Å². The maximum absolute atomic E-state index is 10.9. The Bertz CT molecular complexity index is 534. The van der Waals surface area contributed by atoms with Crippen LogP contribution in [-0.2, 0) is 0 Å². The second-order valence-electron chi connectivity index (χ2n) is 2.99. The van der Waals surface area contributed by atoms with Gasteiger partial charge < -0.3 is 0 Å². The van der Waals surface area contributed by atoms with Gasteiger partial charge in [-0.15, -0.1) is 0 Å². The second kappa shape index (κ2) is 4.45. The average Bonchev–Trinajstić information content (AvgIpc) is 2.54. The highest BCUT2D eigenvalue weighted by molar-refractivity contribution is 6.34. The first-order valence-electron chi connectivity index (χ1n) is 4.28. The molecule has 0 amide bonds. The molecule has 0 spiro atoms. The molecule has 1 heterocycles. The third-order valence-corrected chi connectivity index (χ3v) is 2.81. The Morgan fingerprint density at radius 1 is 1.12 bits per heavy atom. The summed E-state index contributed by atoms with van der Waals surface area (Å²) in [5.74, 6) is 0. The van der Waals surface area contributed by atoms with E-state index < -0.39 is 0 Å². The fourth-order valence-corrected chi connectivity index (χ4v) is 1.97. The van der Waals surface area contributed by atoms with Crippen molar-refractivity contribution in [3.8, 4) is 5.69 Å². The maximum Gasteiger partial charge on any atom is 0.209 e. The van der Waals surface area contributed by atoms with Crippen LogP contribution in [0.5, 0.6) is 0 Å². The molecule has 2 rings (SSSR count). The lowest BCUT2D eigenvalue weighted by Crippen LogP contribution is -1.99. The van der Waals surface area contributed by atoms with Gasteiger partial charge in [-0.1, -0.05) is 23.2 Å².